The maximum Gasteiger partial charge on any atom is 0.241 e. The molecule has 3 nitrogen and oxygen atoms in total. The van der Waals surface area contributed by atoms with Gasteiger partial charge in [0.15, 0.2) is 0 Å². The fourth-order valence-electron chi connectivity index (χ4n) is 1.88. The minimum atomic E-state index is -0.334. The van der Waals surface area contributed by atoms with Gasteiger partial charge in [-0.1, -0.05) is 6.42 Å². The number of rotatable bonds is 2. The third-order valence-electron chi connectivity index (χ3n) is 2.81. The van der Waals surface area contributed by atoms with Gasteiger partial charge in [0.25, 0.3) is 0 Å². The van der Waals surface area contributed by atoms with Gasteiger partial charge in [-0.3, -0.25) is 4.79 Å². The first-order chi connectivity index (χ1) is 8.16. The van der Waals surface area contributed by atoms with Crippen LogP contribution in [0.2, 0.25) is 0 Å². The number of amides is 1. The Labute approximate surface area is 108 Å². The quantitative estimate of drug-likeness (QED) is 0.882. The van der Waals surface area contributed by atoms with E-state index in [1.807, 2.05) is 0 Å². The maximum atomic E-state index is 13.0. The molecule has 0 aliphatic carbocycles. The molecule has 1 amide bonds. The normalized spacial score (nSPS) is 20.0. The molecule has 2 rings (SSSR count). The Bertz CT molecular complexity index is 419. The molecule has 1 aromatic rings. The topological polar surface area (TPSA) is 41.1 Å². The Hall–Kier alpha value is -0.940. The molecule has 0 bridgehead atoms. The second-order valence-electron chi connectivity index (χ2n) is 4.12. The first-order valence-electron chi connectivity index (χ1n) is 5.66. The Kier molecular flexibility index (Phi) is 4.12. The zero-order valence-electron chi connectivity index (χ0n) is 9.30. The maximum absolute atomic E-state index is 13.0. The highest BCUT2D eigenvalue weighted by molar-refractivity contribution is 9.10. The second kappa shape index (κ2) is 5.60. The molecule has 1 atom stereocenters. The number of nitrogens with one attached hydrogen (secondary N) is 2. The van der Waals surface area contributed by atoms with Crippen LogP contribution in [0.3, 0.4) is 0 Å². The molecule has 1 heterocycles. The summed E-state index contributed by atoms with van der Waals surface area (Å²) in [6.45, 7) is 0.880. The van der Waals surface area contributed by atoms with Crippen molar-refractivity contribution >= 4 is 27.5 Å². The molecular formula is C12H14BrFN2O. The van der Waals surface area contributed by atoms with E-state index in [4.69, 9.17) is 0 Å². The predicted molar refractivity (Wildman–Crippen MR) is 68.4 cm³/mol. The highest BCUT2D eigenvalue weighted by Gasteiger charge is 2.20. The van der Waals surface area contributed by atoms with E-state index < -0.39 is 0 Å². The van der Waals surface area contributed by atoms with E-state index in [2.05, 4.69) is 26.6 Å². The first-order valence-corrected chi connectivity index (χ1v) is 6.45. The van der Waals surface area contributed by atoms with Crippen molar-refractivity contribution in [2.45, 2.75) is 25.3 Å². The number of carbonyl (C=O) groups is 1. The number of carbonyl (C=O) groups excluding carboxylic acids is 1. The number of hydrogen-bond donors (Lipinski definition) is 2. The summed E-state index contributed by atoms with van der Waals surface area (Å²) in [5.74, 6) is -0.387. The van der Waals surface area contributed by atoms with Gasteiger partial charge in [0, 0.05) is 5.69 Å². The molecule has 5 heteroatoms. The zero-order chi connectivity index (χ0) is 12.3. The van der Waals surface area contributed by atoms with Crippen molar-refractivity contribution in [1.29, 1.82) is 0 Å². The van der Waals surface area contributed by atoms with Crippen LogP contribution in [0.4, 0.5) is 10.1 Å². The molecular weight excluding hydrogens is 287 g/mol. The fourth-order valence-corrected chi connectivity index (χ4v) is 2.26. The molecule has 92 valence electrons. The summed E-state index contributed by atoms with van der Waals surface area (Å²) in [6, 6.07) is 4.32. The summed E-state index contributed by atoms with van der Waals surface area (Å²) in [5, 5.41) is 5.95. The average molecular weight is 301 g/mol. The van der Waals surface area contributed by atoms with Crippen LogP contribution in [0.25, 0.3) is 0 Å². The minimum Gasteiger partial charge on any atom is -0.325 e. The summed E-state index contributed by atoms with van der Waals surface area (Å²) in [5.41, 5.74) is 0.607. The lowest BCUT2D eigenvalue weighted by Crippen LogP contribution is -2.43. The largest absolute Gasteiger partial charge is 0.325 e. The Morgan fingerprint density at radius 1 is 1.47 bits per heavy atom. The van der Waals surface area contributed by atoms with Gasteiger partial charge in [0.05, 0.1) is 10.5 Å². The SMILES string of the molecule is O=C(Nc1ccc(F)c(Br)c1)[C@H]1CCCCN1. The van der Waals surface area contributed by atoms with Crippen LogP contribution in [0.1, 0.15) is 19.3 Å². The molecule has 17 heavy (non-hydrogen) atoms. The smallest absolute Gasteiger partial charge is 0.241 e. The molecule has 1 saturated heterocycles. The number of halogens is 2. The van der Waals surface area contributed by atoms with Crippen LogP contribution < -0.4 is 10.6 Å². The Morgan fingerprint density at radius 2 is 2.29 bits per heavy atom. The monoisotopic (exact) mass is 300 g/mol. The fraction of sp³-hybridized carbons (Fsp3) is 0.417. The summed E-state index contributed by atoms with van der Waals surface area (Å²) in [6.07, 6.45) is 3.04. The van der Waals surface area contributed by atoms with E-state index in [0.29, 0.717) is 10.2 Å². The van der Waals surface area contributed by atoms with Crippen molar-refractivity contribution < 1.29 is 9.18 Å². The second-order valence-corrected chi connectivity index (χ2v) is 4.97. The standard InChI is InChI=1S/C12H14BrFN2O/c13-9-7-8(4-5-10(9)14)16-12(17)11-3-1-2-6-15-11/h4-5,7,11,15H,1-3,6H2,(H,16,17)/t11-/m1/s1. The van der Waals surface area contributed by atoms with Gasteiger partial charge >= 0.3 is 0 Å². The summed E-state index contributed by atoms with van der Waals surface area (Å²) in [7, 11) is 0. The number of hydrogen-bond acceptors (Lipinski definition) is 2. The van der Waals surface area contributed by atoms with Crippen molar-refractivity contribution in [2.75, 3.05) is 11.9 Å². The molecule has 0 unspecified atom stereocenters. The van der Waals surface area contributed by atoms with Crippen LogP contribution in [0.15, 0.2) is 22.7 Å². The van der Waals surface area contributed by atoms with Gasteiger partial charge in [-0.25, -0.2) is 4.39 Å². The summed E-state index contributed by atoms with van der Waals surface area (Å²) < 4.78 is 13.4. The van der Waals surface area contributed by atoms with Crippen molar-refractivity contribution in [3.63, 3.8) is 0 Å². The number of benzene rings is 1. The van der Waals surface area contributed by atoms with Crippen LogP contribution in [0, 0.1) is 5.82 Å². The van der Waals surface area contributed by atoms with Crippen LogP contribution in [-0.4, -0.2) is 18.5 Å². The van der Waals surface area contributed by atoms with E-state index in [1.54, 1.807) is 12.1 Å². The highest BCUT2D eigenvalue weighted by Crippen LogP contribution is 2.20. The molecule has 1 aliphatic heterocycles. The van der Waals surface area contributed by atoms with Crippen LogP contribution in [-0.2, 0) is 4.79 Å². The lowest BCUT2D eigenvalue weighted by atomic mass is 10.0. The minimum absolute atomic E-state index is 0.0526. The van der Waals surface area contributed by atoms with Crippen molar-refractivity contribution in [3.05, 3.63) is 28.5 Å². The third-order valence-corrected chi connectivity index (χ3v) is 3.42. The summed E-state index contributed by atoms with van der Waals surface area (Å²) >= 11 is 3.09. The summed E-state index contributed by atoms with van der Waals surface area (Å²) in [4.78, 5) is 11.9. The third kappa shape index (κ3) is 3.26. The van der Waals surface area contributed by atoms with E-state index in [9.17, 15) is 9.18 Å². The van der Waals surface area contributed by atoms with E-state index >= 15 is 0 Å². The van der Waals surface area contributed by atoms with Gasteiger partial charge in [0.2, 0.25) is 5.91 Å². The number of piperidine rings is 1. The van der Waals surface area contributed by atoms with Crippen LogP contribution >= 0.6 is 15.9 Å². The first kappa shape index (κ1) is 12.5. The molecule has 1 aromatic carbocycles. The highest BCUT2D eigenvalue weighted by atomic mass is 79.9. The molecule has 0 spiro atoms. The van der Waals surface area contributed by atoms with E-state index in [-0.39, 0.29) is 17.8 Å². The number of anilines is 1. The predicted octanol–water partition coefficient (Wildman–Crippen LogP) is 2.67. The lowest BCUT2D eigenvalue weighted by Gasteiger charge is -2.22. The molecule has 0 radical (unpaired) electrons. The zero-order valence-corrected chi connectivity index (χ0v) is 10.9. The van der Waals surface area contributed by atoms with Crippen molar-refractivity contribution in [1.82, 2.24) is 5.32 Å². The van der Waals surface area contributed by atoms with Crippen LogP contribution in [0.5, 0.6) is 0 Å². The van der Waals surface area contributed by atoms with Gasteiger partial charge in [-0.15, -0.1) is 0 Å². The molecule has 0 aromatic heterocycles. The lowest BCUT2D eigenvalue weighted by molar-refractivity contribution is -0.118. The van der Waals surface area contributed by atoms with Gasteiger partial charge in [-0.2, -0.15) is 0 Å². The molecule has 1 aliphatic rings. The molecule has 0 saturated carbocycles. The molecule has 2 N–H and O–H groups in total. The van der Waals surface area contributed by atoms with E-state index in [0.717, 1.165) is 25.8 Å². The van der Waals surface area contributed by atoms with E-state index in [1.165, 1.54) is 6.07 Å². The Balaban J connectivity index is 1.99. The van der Waals surface area contributed by atoms with Crippen molar-refractivity contribution in [3.8, 4) is 0 Å². The van der Waals surface area contributed by atoms with Crippen molar-refractivity contribution in [2.24, 2.45) is 0 Å². The van der Waals surface area contributed by atoms with Gasteiger partial charge in [0.1, 0.15) is 5.82 Å². The average Bonchev–Trinajstić information content (AvgIpc) is 2.35. The van der Waals surface area contributed by atoms with Gasteiger partial charge < -0.3 is 10.6 Å². The Morgan fingerprint density at radius 3 is 2.94 bits per heavy atom. The van der Waals surface area contributed by atoms with Gasteiger partial charge in [-0.05, 0) is 53.5 Å². The molecule has 1 fully saturated rings.